The summed E-state index contributed by atoms with van der Waals surface area (Å²) in [6.07, 6.45) is 1.12. The molecule has 0 atom stereocenters. The van der Waals surface area contributed by atoms with E-state index in [0.29, 0.717) is 17.5 Å². The number of halogens is 1. The van der Waals surface area contributed by atoms with E-state index >= 15 is 0 Å². The van der Waals surface area contributed by atoms with E-state index < -0.39 is 0 Å². The lowest BCUT2D eigenvalue weighted by atomic mass is 10.2. The molecule has 0 radical (unpaired) electrons. The van der Waals surface area contributed by atoms with Gasteiger partial charge in [0.05, 0.1) is 6.20 Å². The lowest BCUT2D eigenvalue weighted by Crippen LogP contribution is -1.85. The molecule has 2 heterocycles. The van der Waals surface area contributed by atoms with E-state index in [4.69, 9.17) is 4.42 Å². The van der Waals surface area contributed by atoms with Gasteiger partial charge in [0.15, 0.2) is 0 Å². The summed E-state index contributed by atoms with van der Waals surface area (Å²) in [7, 11) is 0. The second-order valence-corrected chi connectivity index (χ2v) is 3.46. The fourth-order valence-corrected chi connectivity index (χ4v) is 1.07. The average molecular weight is 207 g/mol. The van der Waals surface area contributed by atoms with Crippen molar-refractivity contribution in [1.29, 1.82) is 0 Å². The van der Waals surface area contributed by atoms with E-state index in [-0.39, 0.29) is 11.7 Å². The van der Waals surface area contributed by atoms with Crippen LogP contribution in [0.5, 0.6) is 0 Å². The molecule has 0 aliphatic rings. The molecule has 15 heavy (non-hydrogen) atoms. The zero-order valence-corrected chi connectivity index (χ0v) is 8.44. The Kier molecular flexibility index (Phi) is 2.45. The van der Waals surface area contributed by atoms with Crippen LogP contribution in [0.2, 0.25) is 0 Å². The average Bonchev–Trinajstić information content (AvgIpc) is 2.68. The molecule has 2 aromatic heterocycles. The molecule has 2 aromatic rings. The third-order valence-electron chi connectivity index (χ3n) is 1.88. The molecule has 4 nitrogen and oxygen atoms in total. The number of hydrogen-bond donors (Lipinski definition) is 0. The van der Waals surface area contributed by atoms with Crippen molar-refractivity contribution >= 4 is 0 Å². The molecule has 0 bridgehead atoms. The Labute approximate surface area is 86.2 Å². The summed E-state index contributed by atoms with van der Waals surface area (Å²) in [6, 6.07) is 2.81. The van der Waals surface area contributed by atoms with Gasteiger partial charge in [0.25, 0.3) is 5.89 Å². The molecule has 2 rings (SSSR count). The van der Waals surface area contributed by atoms with Gasteiger partial charge in [0.1, 0.15) is 11.5 Å². The monoisotopic (exact) mass is 207 g/mol. The predicted octanol–water partition coefficient (Wildman–Crippen LogP) is 2.39. The normalized spacial score (nSPS) is 10.9. The first-order valence-corrected chi connectivity index (χ1v) is 4.62. The van der Waals surface area contributed by atoms with Gasteiger partial charge in [-0.2, -0.15) is 0 Å². The van der Waals surface area contributed by atoms with Crippen LogP contribution in [0.3, 0.4) is 0 Å². The molecule has 0 unspecified atom stereocenters. The maximum Gasteiger partial charge on any atom is 0.266 e. The Hall–Kier alpha value is -1.78. The van der Waals surface area contributed by atoms with Crippen LogP contribution in [-0.4, -0.2) is 15.2 Å². The molecular weight excluding hydrogens is 197 g/mol. The van der Waals surface area contributed by atoms with Crippen LogP contribution in [0.25, 0.3) is 11.6 Å². The Bertz CT molecular complexity index is 450. The molecule has 0 amide bonds. The van der Waals surface area contributed by atoms with E-state index in [1.54, 1.807) is 0 Å². The third kappa shape index (κ3) is 2.01. The number of nitrogens with zero attached hydrogens (tertiary/aromatic N) is 3. The molecule has 0 aromatic carbocycles. The fourth-order valence-electron chi connectivity index (χ4n) is 1.07. The molecule has 0 saturated carbocycles. The number of rotatable bonds is 2. The van der Waals surface area contributed by atoms with Gasteiger partial charge < -0.3 is 4.42 Å². The van der Waals surface area contributed by atoms with Crippen molar-refractivity contribution in [3.8, 4) is 11.6 Å². The summed E-state index contributed by atoms with van der Waals surface area (Å²) in [4.78, 5) is 3.85. The predicted molar refractivity (Wildman–Crippen MR) is 51.6 cm³/mol. The lowest BCUT2D eigenvalue weighted by Gasteiger charge is -1.95. The molecular formula is C10H10FN3O. The van der Waals surface area contributed by atoms with Crippen LogP contribution in [0, 0.1) is 5.82 Å². The van der Waals surface area contributed by atoms with Gasteiger partial charge in [-0.25, -0.2) is 9.37 Å². The van der Waals surface area contributed by atoms with Crippen molar-refractivity contribution in [2.45, 2.75) is 19.8 Å². The Morgan fingerprint density at radius 2 is 2.07 bits per heavy atom. The van der Waals surface area contributed by atoms with Crippen LogP contribution < -0.4 is 0 Å². The smallest absolute Gasteiger partial charge is 0.266 e. The number of hydrogen-bond acceptors (Lipinski definition) is 4. The SMILES string of the molecule is CC(C)c1nnc(-c2ccc(F)cn2)o1. The first-order valence-electron chi connectivity index (χ1n) is 4.62. The zero-order valence-electron chi connectivity index (χ0n) is 8.44. The summed E-state index contributed by atoms with van der Waals surface area (Å²) in [5.74, 6) is 0.656. The van der Waals surface area contributed by atoms with Gasteiger partial charge in [-0.3, -0.25) is 0 Å². The van der Waals surface area contributed by atoms with Crippen molar-refractivity contribution < 1.29 is 8.81 Å². The number of pyridine rings is 1. The lowest BCUT2D eigenvalue weighted by molar-refractivity contribution is 0.479. The van der Waals surface area contributed by atoms with E-state index in [1.807, 2.05) is 13.8 Å². The summed E-state index contributed by atoms with van der Waals surface area (Å²) >= 11 is 0. The second kappa shape index (κ2) is 3.76. The minimum absolute atomic E-state index is 0.173. The fraction of sp³-hybridized carbons (Fsp3) is 0.300. The minimum atomic E-state index is -0.387. The number of aromatic nitrogens is 3. The highest BCUT2D eigenvalue weighted by atomic mass is 19.1. The van der Waals surface area contributed by atoms with Gasteiger partial charge >= 0.3 is 0 Å². The molecule has 0 fully saturated rings. The van der Waals surface area contributed by atoms with E-state index in [9.17, 15) is 4.39 Å². The summed E-state index contributed by atoms with van der Waals surface area (Å²) in [5.41, 5.74) is 0.482. The van der Waals surface area contributed by atoms with E-state index in [2.05, 4.69) is 15.2 Å². The molecule has 78 valence electrons. The van der Waals surface area contributed by atoms with Crippen molar-refractivity contribution in [2.24, 2.45) is 0 Å². The largest absolute Gasteiger partial charge is 0.419 e. The summed E-state index contributed by atoms with van der Waals surface area (Å²) in [5, 5.41) is 7.70. The van der Waals surface area contributed by atoms with Gasteiger partial charge in [-0.15, -0.1) is 10.2 Å². The highest BCUT2D eigenvalue weighted by molar-refractivity contribution is 5.45. The topological polar surface area (TPSA) is 51.8 Å². The van der Waals surface area contributed by atoms with Crippen molar-refractivity contribution in [1.82, 2.24) is 15.2 Å². The van der Waals surface area contributed by atoms with Crippen LogP contribution in [0.15, 0.2) is 22.7 Å². The first kappa shape index (κ1) is 9.76. The van der Waals surface area contributed by atoms with Crippen molar-refractivity contribution in [3.05, 3.63) is 30.0 Å². The molecule has 0 saturated heterocycles. The van der Waals surface area contributed by atoms with Crippen LogP contribution >= 0.6 is 0 Å². The zero-order chi connectivity index (χ0) is 10.8. The quantitative estimate of drug-likeness (QED) is 0.758. The molecule has 0 N–H and O–H groups in total. The maximum atomic E-state index is 12.6. The van der Waals surface area contributed by atoms with Gasteiger partial charge in [0.2, 0.25) is 5.89 Å². The van der Waals surface area contributed by atoms with E-state index in [0.717, 1.165) is 6.20 Å². The molecule has 0 aliphatic carbocycles. The third-order valence-corrected chi connectivity index (χ3v) is 1.88. The van der Waals surface area contributed by atoms with Crippen LogP contribution in [0.4, 0.5) is 4.39 Å². The maximum absolute atomic E-state index is 12.6. The van der Waals surface area contributed by atoms with Crippen LogP contribution in [0.1, 0.15) is 25.7 Å². The Morgan fingerprint density at radius 3 is 2.60 bits per heavy atom. The molecule has 5 heteroatoms. The Morgan fingerprint density at radius 1 is 1.27 bits per heavy atom. The molecule has 0 spiro atoms. The summed E-state index contributed by atoms with van der Waals surface area (Å²) < 4.78 is 18.0. The van der Waals surface area contributed by atoms with Crippen molar-refractivity contribution in [2.75, 3.05) is 0 Å². The van der Waals surface area contributed by atoms with Gasteiger partial charge in [-0.1, -0.05) is 13.8 Å². The summed E-state index contributed by atoms with van der Waals surface area (Å²) in [6.45, 7) is 3.91. The minimum Gasteiger partial charge on any atom is -0.419 e. The van der Waals surface area contributed by atoms with Gasteiger partial charge in [0, 0.05) is 5.92 Å². The standard InChI is InChI=1S/C10H10FN3O/c1-6(2)9-13-14-10(15-9)8-4-3-7(11)5-12-8/h3-6H,1-2H3. The first-order chi connectivity index (χ1) is 7.16. The Balaban J connectivity index is 2.33. The van der Waals surface area contributed by atoms with Crippen molar-refractivity contribution in [3.63, 3.8) is 0 Å². The highest BCUT2D eigenvalue weighted by Gasteiger charge is 2.11. The molecule has 0 aliphatic heterocycles. The highest BCUT2D eigenvalue weighted by Crippen LogP contribution is 2.19. The van der Waals surface area contributed by atoms with Crippen LogP contribution in [-0.2, 0) is 0 Å². The van der Waals surface area contributed by atoms with Gasteiger partial charge in [-0.05, 0) is 12.1 Å². The second-order valence-electron chi connectivity index (χ2n) is 3.46. The van der Waals surface area contributed by atoms with E-state index in [1.165, 1.54) is 12.1 Å².